The van der Waals surface area contributed by atoms with E-state index in [-0.39, 0.29) is 11.3 Å². The second kappa shape index (κ2) is 7.39. The average molecular weight is 382 g/mol. The van der Waals surface area contributed by atoms with Crippen LogP contribution in [0.5, 0.6) is 0 Å². The summed E-state index contributed by atoms with van der Waals surface area (Å²) in [5, 5.41) is 14.2. The molecule has 1 aromatic heterocycles. The van der Waals surface area contributed by atoms with Crippen molar-refractivity contribution in [3.05, 3.63) is 48.3 Å². The maximum absolute atomic E-state index is 12.0. The first-order valence-corrected chi connectivity index (χ1v) is 9.78. The van der Waals surface area contributed by atoms with Gasteiger partial charge in [0.15, 0.2) is 0 Å². The quantitative estimate of drug-likeness (QED) is 0.877. The Morgan fingerprint density at radius 3 is 2.61 bits per heavy atom. The molecule has 1 amide bonds. The number of para-hydroxylation sites is 1. The molecule has 0 unspecified atom stereocenters. The molecule has 0 bridgehead atoms. The van der Waals surface area contributed by atoms with E-state index >= 15 is 0 Å². The summed E-state index contributed by atoms with van der Waals surface area (Å²) in [6, 6.07) is 9.39. The second-order valence-corrected chi connectivity index (χ2v) is 8.05. The molecule has 0 saturated carbocycles. The molecule has 148 valence electrons. The number of carboxylic acid groups (broad SMARTS) is 1. The van der Waals surface area contributed by atoms with E-state index < -0.39 is 12.0 Å². The van der Waals surface area contributed by atoms with Crippen molar-refractivity contribution in [1.82, 2.24) is 19.6 Å². The van der Waals surface area contributed by atoms with E-state index in [9.17, 15) is 14.7 Å². The molecule has 2 aromatic rings. The first-order chi connectivity index (χ1) is 13.5. The van der Waals surface area contributed by atoms with Crippen molar-refractivity contribution in [2.75, 3.05) is 19.6 Å². The number of aromatic nitrogens is 2. The van der Waals surface area contributed by atoms with Crippen LogP contribution in [0.2, 0.25) is 0 Å². The number of carbonyl (C=O) groups is 2. The van der Waals surface area contributed by atoms with Gasteiger partial charge in [-0.15, -0.1) is 0 Å². The van der Waals surface area contributed by atoms with Gasteiger partial charge in [0.25, 0.3) is 0 Å². The number of nitrogens with zero attached hydrogens (tertiary/aromatic N) is 4. The summed E-state index contributed by atoms with van der Waals surface area (Å²) in [4.78, 5) is 27.6. The first kappa shape index (κ1) is 18.7. The molecule has 0 radical (unpaired) electrons. The van der Waals surface area contributed by atoms with Crippen molar-refractivity contribution in [2.24, 2.45) is 5.41 Å². The van der Waals surface area contributed by atoms with Crippen LogP contribution in [0.1, 0.15) is 31.7 Å². The molecule has 1 aromatic carbocycles. The third-order valence-corrected chi connectivity index (χ3v) is 6.28. The standard InChI is InChI=1S/C21H26N4O3/c1-16(26)23-11-7-21(8-12-23)13-19(20(27)28)24(15-21)14-17-5-2-3-6-18(17)25-10-4-9-22-25/h2-6,9-10,19H,7-8,11-15H2,1H3,(H,27,28)/t19-/m1/s1. The van der Waals surface area contributed by atoms with Gasteiger partial charge in [-0.05, 0) is 42.4 Å². The molecule has 28 heavy (non-hydrogen) atoms. The smallest absolute Gasteiger partial charge is 0.320 e. The Labute approximate surface area is 164 Å². The molecule has 2 aliphatic heterocycles. The highest BCUT2D eigenvalue weighted by molar-refractivity contribution is 5.74. The molecular formula is C21H26N4O3. The third kappa shape index (κ3) is 3.54. The van der Waals surface area contributed by atoms with Crippen molar-refractivity contribution >= 4 is 11.9 Å². The number of piperidine rings is 1. The number of amides is 1. The molecule has 7 nitrogen and oxygen atoms in total. The van der Waals surface area contributed by atoms with Crippen molar-refractivity contribution in [3.63, 3.8) is 0 Å². The Hall–Kier alpha value is -2.67. The topological polar surface area (TPSA) is 78.7 Å². The predicted molar refractivity (Wildman–Crippen MR) is 104 cm³/mol. The molecule has 3 heterocycles. The average Bonchev–Trinajstić information content (AvgIpc) is 3.32. The highest BCUT2D eigenvalue weighted by Crippen LogP contribution is 2.44. The highest BCUT2D eigenvalue weighted by Gasteiger charge is 2.48. The minimum absolute atomic E-state index is 0.0182. The highest BCUT2D eigenvalue weighted by atomic mass is 16.4. The van der Waals surface area contributed by atoms with Crippen LogP contribution in [0, 0.1) is 5.41 Å². The van der Waals surface area contributed by atoms with E-state index in [1.165, 1.54) is 0 Å². The lowest BCUT2D eigenvalue weighted by atomic mass is 9.76. The summed E-state index contributed by atoms with van der Waals surface area (Å²) < 4.78 is 1.82. The van der Waals surface area contributed by atoms with Crippen molar-refractivity contribution in [3.8, 4) is 5.69 Å². The van der Waals surface area contributed by atoms with Gasteiger partial charge < -0.3 is 10.0 Å². The van der Waals surface area contributed by atoms with Crippen molar-refractivity contribution in [1.29, 1.82) is 0 Å². The largest absolute Gasteiger partial charge is 0.480 e. The normalized spacial score (nSPS) is 21.9. The SMILES string of the molecule is CC(=O)N1CCC2(CC1)C[C@H](C(=O)O)N(Cc1ccccc1-n1cccn1)C2. The van der Waals surface area contributed by atoms with Crippen molar-refractivity contribution in [2.45, 2.75) is 38.8 Å². The minimum atomic E-state index is -0.762. The molecule has 7 heteroatoms. The second-order valence-electron chi connectivity index (χ2n) is 8.05. The summed E-state index contributed by atoms with van der Waals surface area (Å²) in [6.45, 7) is 4.37. The van der Waals surface area contributed by atoms with Crippen LogP contribution in [0.25, 0.3) is 5.69 Å². The lowest BCUT2D eigenvalue weighted by molar-refractivity contribution is -0.142. The number of aliphatic carboxylic acids is 1. The fourth-order valence-corrected chi connectivity index (χ4v) is 4.71. The van der Waals surface area contributed by atoms with Crippen LogP contribution in [0.4, 0.5) is 0 Å². The van der Waals surface area contributed by atoms with Crippen LogP contribution < -0.4 is 0 Å². The summed E-state index contributed by atoms with van der Waals surface area (Å²) >= 11 is 0. The van der Waals surface area contributed by atoms with E-state index in [0.29, 0.717) is 13.0 Å². The molecular weight excluding hydrogens is 356 g/mol. The van der Waals surface area contributed by atoms with Gasteiger partial charge in [-0.1, -0.05) is 18.2 Å². The minimum Gasteiger partial charge on any atom is -0.480 e. The summed E-state index contributed by atoms with van der Waals surface area (Å²) in [6.07, 6.45) is 6.03. The Kier molecular flexibility index (Phi) is 4.93. The van der Waals surface area contributed by atoms with Gasteiger partial charge in [0.1, 0.15) is 6.04 Å². The van der Waals surface area contributed by atoms with Gasteiger partial charge in [0, 0.05) is 45.5 Å². The predicted octanol–water partition coefficient (Wildman–Crippen LogP) is 2.16. The van der Waals surface area contributed by atoms with E-state index in [1.807, 2.05) is 46.1 Å². The van der Waals surface area contributed by atoms with Crippen LogP contribution in [-0.2, 0) is 16.1 Å². The Morgan fingerprint density at radius 2 is 1.96 bits per heavy atom. The van der Waals surface area contributed by atoms with Gasteiger partial charge in [0.05, 0.1) is 5.69 Å². The van der Waals surface area contributed by atoms with E-state index in [0.717, 1.165) is 43.7 Å². The number of likely N-dealkylation sites (tertiary alicyclic amines) is 2. The summed E-state index contributed by atoms with van der Waals surface area (Å²) in [7, 11) is 0. The number of carbonyl (C=O) groups excluding carboxylic acids is 1. The van der Waals surface area contributed by atoms with E-state index in [2.05, 4.69) is 10.00 Å². The fraction of sp³-hybridized carbons (Fsp3) is 0.476. The molecule has 2 fully saturated rings. The maximum Gasteiger partial charge on any atom is 0.320 e. The molecule has 2 saturated heterocycles. The van der Waals surface area contributed by atoms with Crippen LogP contribution in [0.3, 0.4) is 0 Å². The van der Waals surface area contributed by atoms with Crippen LogP contribution >= 0.6 is 0 Å². The molecule has 1 N–H and O–H groups in total. The zero-order chi connectivity index (χ0) is 19.7. The van der Waals surface area contributed by atoms with Crippen LogP contribution in [-0.4, -0.2) is 62.2 Å². The molecule has 2 aliphatic rings. The zero-order valence-electron chi connectivity index (χ0n) is 16.1. The van der Waals surface area contributed by atoms with Gasteiger partial charge in [-0.3, -0.25) is 14.5 Å². The van der Waals surface area contributed by atoms with Crippen molar-refractivity contribution < 1.29 is 14.7 Å². The van der Waals surface area contributed by atoms with Gasteiger partial charge >= 0.3 is 5.97 Å². The molecule has 0 aliphatic carbocycles. The first-order valence-electron chi connectivity index (χ1n) is 9.78. The maximum atomic E-state index is 12.0. The zero-order valence-corrected chi connectivity index (χ0v) is 16.1. The van der Waals surface area contributed by atoms with Gasteiger partial charge in [-0.2, -0.15) is 5.10 Å². The lowest BCUT2D eigenvalue weighted by Crippen LogP contribution is -2.43. The molecule has 4 rings (SSSR count). The fourth-order valence-electron chi connectivity index (χ4n) is 4.71. The summed E-state index contributed by atoms with van der Waals surface area (Å²) in [5.74, 6) is -0.657. The monoisotopic (exact) mass is 382 g/mol. The number of benzene rings is 1. The van der Waals surface area contributed by atoms with E-state index in [4.69, 9.17) is 0 Å². The van der Waals surface area contributed by atoms with Gasteiger partial charge in [-0.25, -0.2) is 4.68 Å². The van der Waals surface area contributed by atoms with Crippen LogP contribution in [0.15, 0.2) is 42.7 Å². The number of rotatable bonds is 4. The van der Waals surface area contributed by atoms with Gasteiger partial charge in [0.2, 0.25) is 5.91 Å². The summed E-state index contributed by atoms with van der Waals surface area (Å²) in [5.41, 5.74) is 2.02. The Balaban J connectivity index is 1.55. The van der Waals surface area contributed by atoms with E-state index in [1.54, 1.807) is 13.1 Å². The number of hydrogen-bond donors (Lipinski definition) is 1. The third-order valence-electron chi connectivity index (χ3n) is 6.28. The number of carboxylic acids is 1. The Bertz CT molecular complexity index is 856. The number of hydrogen-bond acceptors (Lipinski definition) is 4. The molecule has 1 atom stereocenters. The molecule has 1 spiro atoms. The Morgan fingerprint density at radius 1 is 1.21 bits per heavy atom. The lowest BCUT2D eigenvalue weighted by Gasteiger charge is -2.39.